The number of carbonyl (C=O) groups is 2. The van der Waals surface area contributed by atoms with Crippen molar-refractivity contribution in [2.75, 3.05) is 19.6 Å². The normalized spacial score (nSPS) is 29.4. The fourth-order valence-electron chi connectivity index (χ4n) is 3.45. The van der Waals surface area contributed by atoms with Gasteiger partial charge in [-0.05, 0) is 30.6 Å². The molecule has 5 nitrogen and oxygen atoms in total. The molecule has 2 rings (SSSR count). The number of likely N-dealkylation sites (tertiary alicyclic amines) is 1. The molecule has 0 spiro atoms. The van der Waals surface area contributed by atoms with Gasteiger partial charge in [-0.3, -0.25) is 4.79 Å². The molecule has 0 unspecified atom stereocenters. The number of hydrogen-bond donors (Lipinski definition) is 2. The quantitative estimate of drug-likeness (QED) is 0.834. The molecule has 2 aliphatic rings. The zero-order valence-corrected chi connectivity index (χ0v) is 12.7. The van der Waals surface area contributed by atoms with Crippen LogP contribution in [0.2, 0.25) is 0 Å². The number of nitrogens with zero attached hydrogens (tertiary/aromatic N) is 1. The van der Waals surface area contributed by atoms with E-state index in [1.807, 2.05) is 0 Å². The Bertz CT molecular complexity index is 402. The number of hydrogen-bond acceptors (Lipinski definition) is 2. The number of fused-ring (bicyclic) bond motifs is 1. The monoisotopic (exact) mass is 282 g/mol. The molecule has 1 saturated heterocycles. The van der Waals surface area contributed by atoms with Gasteiger partial charge in [0.1, 0.15) is 0 Å². The van der Waals surface area contributed by atoms with E-state index in [0.29, 0.717) is 26.1 Å². The van der Waals surface area contributed by atoms with Crippen LogP contribution in [-0.4, -0.2) is 41.6 Å². The third-order valence-electron chi connectivity index (χ3n) is 4.74. The highest BCUT2D eigenvalue weighted by Gasteiger charge is 2.55. The number of rotatable bonds is 3. The first-order chi connectivity index (χ1) is 9.24. The summed E-state index contributed by atoms with van der Waals surface area (Å²) in [6.45, 7) is 8.02. The molecule has 1 heterocycles. The van der Waals surface area contributed by atoms with Gasteiger partial charge in [-0.1, -0.05) is 27.2 Å². The van der Waals surface area contributed by atoms with Crippen molar-refractivity contribution in [3.05, 3.63) is 0 Å². The van der Waals surface area contributed by atoms with Crippen molar-refractivity contribution in [2.45, 2.75) is 46.5 Å². The van der Waals surface area contributed by atoms with Crippen molar-refractivity contribution < 1.29 is 14.7 Å². The Morgan fingerprint density at radius 1 is 1.40 bits per heavy atom. The van der Waals surface area contributed by atoms with Crippen LogP contribution in [0.1, 0.15) is 46.5 Å². The largest absolute Gasteiger partial charge is 0.481 e. The van der Waals surface area contributed by atoms with Gasteiger partial charge in [0.05, 0.1) is 5.41 Å². The second-order valence-electron chi connectivity index (χ2n) is 7.47. The van der Waals surface area contributed by atoms with Crippen LogP contribution in [-0.2, 0) is 4.79 Å². The molecule has 0 bridgehead atoms. The van der Waals surface area contributed by atoms with Crippen LogP contribution in [0.5, 0.6) is 0 Å². The fraction of sp³-hybridized carbons (Fsp3) is 0.867. The minimum atomic E-state index is -0.731. The molecule has 2 atom stereocenters. The smallest absolute Gasteiger partial charge is 0.317 e. The minimum absolute atomic E-state index is 0.107. The van der Waals surface area contributed by atoms with Gasteiger partial charge in [0, 0.05) is 19.6 Å². The van der Waals surface area contributed by atoms with Crippen LogP contribution in [0.4, 0.5) is 4.79 Å². The summed E-state index contributed by atoms with van der Waals surface area (Å²) < 4.78 is 0. The van der Waals surface area contributed by atoms with Gasteiger partial charge in [-0.15, -0.1) is 0 Å². The highest BCUT2D eigenvalue weighted by Crippen LogP contribution is 2.48. The molecule has 0 radical (unpaired) electrons. The van der Waals surface area contributed by atoms with E-state index in [1.165, 1.54) is 0 Å². The van der Waals surface area contributed by atoms with Crippen molar-refractivity contribution in [2.24, 2.45) is 16.7 Å². The molecule has 5 heteroatoms. The standard InChI is InChI=1S/C15H26N2O3/c1-14(2,3)7-8-16-13(20)17-9-11-5-4-6-15(11,10-17)12(18)19/h11H,4-10H2,1-3H3,(H,16,20)(H,18,19)/t11-,15+/m0/s1. The summed E-state index contributed by atoms with van der Waals surface area (Å²) in [5, 5.41) is 12.4. The Kier molecular flexibility index (Phi) is 3.98. The predicted molar refractivity (Wildman–Crippen MR) is 76.5 cm³/mol. The Balaban J connectivity index is 1.89. The number of urea groups is 1. The number of aliphatic carboxylic acids is 1. The summed E-state index contributed by atoms with van der Waals surface area (Å²) in [7, 11) is 0. The van der Waals surface area contributed by atoms with Crippen LogP contribution < -0.4 is 5.32 Å². The van der Waals surface area contributed by atoms with Gasteiger partial charge in [0.15, 0.2) is 0 Å². The summed E-state index contributed by atoms with van der Waals surface area (Å²) in [5.74, 6) is -0.599. The highest BCUT2D eigenvalue weighted by atomic mass is 16.4. The van der Waals surface area contributed by atoms with E-state index in [2.05, 4.69) is 26.1 Å². The second-order valence-corrected chi connectivity index (χ2v) is 7.47. The average Bonchev–Trinajstić information content (AvgIpc) is 2.83. The molecule has 0 aromatic carbocycles. The fourth-order valence-corrected chi connectivity index (χ4v) is 3.45. The van der Waals surface area contributed by atoms with E-state index in [-0.39, 0.29) is 17.4 Å². The molecule has 1 aliphatic carbocycles. The van der Waals surface area contributed by atoms with Crippen molar-refractivity contribution in [3.63, 3.8) is 0 Å². The first-order valence-corrected chi connectivity index (χ1v) is 7.51. The Morgan fingerprint density at radius 3 is 2.65 bits per heavy atom. The zero-order valence-electron chi connectivity index (χ0n) is 12.7. The van der Waals surface area contributed by atoms with E-state index in [4.69, 9.17) is 0 Å². The third kappa shape index (κ3) is 2.91. The van der Waals surface area contributed by atoms with Crippen molar-refractivity contribution in [1.82, 2.24) is 10.2 Å². The molecular weight excluding hydrogens is 256 g/mol. The summed E-state index contributed by atoms with van der Waals surface area (Å²) in [5.41, 5.74) is -0.488. The molecule has 2 N–H and O–H groups in total. The van der Waals surface area contributed by atoms with Gasteiger partial charge in [-0.25, -0.2) is 4.79 Å². The Hall–Kier alpha value is -1.26. The van der Waals surface area contributed by atoms with Crippen LogP contribution in [0.15, 0.2) is 0 Å². The van der Waals surface area contributed by atoms with E-state index in [9.17, 15) is 14.7 Å². The summed E-state index contributed by atoms with van der Waals surface area (Å²) >= 11 is 0. The lowest BCUT2D eigenvalue weighted by atomic mass is 9.81. The predicted octanol–water partition coefficient (Wildman–Crippen LogP) is 2.32. The van der Waals surface area contributed by atoms with E-state index < -0.39 is 11.4 Å². The Labute approximate surface area is 120 Å². The Morgan fingerprint density at radius 2 is 2.10 bits per heavy atom. The average molecular weight is 282 g/mol. The number of carboxylic acid groups (broad SMARTS) is 1. The third-order valence-corrected chi connectivity index (χ3v) is 4.74. The van der Waals surface area contributed by atoms with Crippen LogP contribution in [0.3, 0.4) is 0 Å². The van der Waals surface area contributed by atoms with Gasteiger partial charge in [0.25, 0.3) is 0 Å². The van der Waals surface area contributed by atoms with Gasteiger partial charge < -0.3 is 15.3 Å². The van der Waals surface area contributed by atoms with E-state index >= 15 is 0 Å². The molecule has 114 valence electrons. The van der Waals surface area contributed by atoms with Gasteiger partial charge >= 0.3 is 12.0 Å². The summed E-state index contributed by atoms with van der Waals surface area (Å²) in [4.78, 5) is 25.4. The lowest BCUT2D eigenvalue weighted by molar-refractivity contribution is -0.149. The maximum Gasteiger partial charge on any atom is 0.317 e. The van der Waals surface area contributed by atoms with Crippen molar-refractivity contribution in [3.8, 4) is 0 Å². The molecule has 2 amide bonds. The number of amides is 2. The molecule has 0 aromatic rings. The zero-order chi connectivity index (χ0) is 15.0. The maximum atomic E-state index is 12.1. The number of carboxylic acids is 1. The second kappa shape index (κ2) is 5.26. The first-order valence-electron chi connectivity index (χ1n) is 7.51. The van der Waals surface area contributed by atoms with Gasteiger partial charge in [0.2, 0.25) is 0 Å². The number of carbonyl (C=O) groups excluding carboxylic acids is 1. The molecule has 2 fully saturated rings. The topological polar surface area (TPSA) is 69.6 Å². The van der Waals surface area contributed by atoms with Crippen molar-refractivity contribution in [1.29, 1.82) is 0 Å². The molecule has 20 heavy (non-hydrogen) atoms. The van der Waals surface area contributed by atoms with Crippen LogP contribution in [0, 0.1) is 16.7 Å². The lowest BCUT2D eigenvalue weighted by Gasteiger charge is -2.24. The molecule has 1 saturated carbocycles. The summed E-state index contributed by atoms with van der Waals surface area (Å²) in [6, 6.07) is -0.107. The van der Waals surface area contributed by atoms with Crippen LogP contribution >= 0.6 is 0 Å². The first kappa shape index (κ1) is 15.1. The van der Waals surface area contributed by atoms with Crippen molar-refractivity contribution >= 4 is 12.0 Å². The molecule has 1 aliphatic heterocycles. The number of nitrogens with one attached hydrogen (secondary N) is 1. The molecule has 0 aromatic heterocycles. The summed E-state index contributed by atoms with van der Waals surface area (Å²) in [6.07, 6.45) is 3.52. The van der Waals surface area contributed by atoms with E-state index in [1.54, 1.807) is 4.90 Å². The highest BCUT2D eigenvalue weighted by molar-refractivity contribution is 5.80. The SMILES string of the molecule is CC(C)(C)CCNC(=O)N1C[C@@H]2CCC[C@@]2(C(=O)O)C1. The maximum absolute atomic E-state index is 12.1. The lowest BCUT2D eigenvalue weighted by Crippen LogP contribution is -2.42. The van der Waals surface area contributed by atoms with Crippen LogP contribution in [0.25, 0.3) is 0 Å². The molecular formula is C15H26N2O3. The minimum Gasteiger partial charge on any atom is -0.481 e. The van der Waals surface area contributed by atoms with E-state index in [0.717, 1.165) is 19.3 Å². The van der Waals surface area contributed by atoms with Gasteiger partial charge in [-0.2, -0.15) is 0 Å².